The number of hydrogen-bond acceptors (Lipinski definition) is 3. The highest BCUT2D eigenvalue weighted by Crippen LogP contribution is 2.16. The molecule has 1 aliphatic rings. The molecule has 0 spiro atoms. The second kappa shape index (κ2) is 4.97. The van der Waals surface area contributed by atoms with Crippen LogP contribution in [0.4, 0.5) is 0 Å². The minimum atomic E-state index is -0.508. The molecule has 74 valence electrons. The number of nitrogens with one attached hydrogen (secondary N) is 1. The Labute approximate surface area is 78.3 Å². The summed E-state index contributed by atoms with van der Waals surface area (Å²) in [6.07, 6.45) is 2.50. The van der Waals surface area contributed by atoms with E-state index in [-0.39, 0.29) is 0 Å². The average Bonchev–Trinajstić information content (AvgIpc) is 2.51. The Morgan fingerprint density at radius 1 is 1.69 bits per heavy atom. The van der Waals surface area contributed by atoms with Crippen molar-refractivity contribution in [1.82, 2.24) is 10.2 Å². The summed E-state index contributed by atoms with van der Waals surface area (Å²) in [4.78, 5) is 22.8. The Morgan fingerprint density at radius 3 is 3.00 bits per heavy atom. The molecule has 1 atom stereocenters. The van der Waals surface area contributed by atoms with Gasteiger partial charge in [-0.25, -0.2) is 0 Å². The fourth-order valence-corrected chi connectivity index (χ4v) is 1.70. The number of rotatable bonds is 4. The van der Waals surface area contributed by atoms with Gasteiger partial charge in [0.2, 0.25) is 6.29 Å². The maximum Gasteiger partial charge on any atom is 0.284 e. The molecular formula is C9H16N2O2. The van der Waals surface area contributed by atoms with E-state index in [0.29, 0.717) is 18.7 Å². The topological polar surface area (TPSA) is 49.4 Å². The molecule has 1 heterocycles. The molecule has 4 heteroatoms. The lowest BCUT2D eigenvalue weighted by Gasteiger charge is -2.09. The van der Waals surface area contributed by atoms with E-state index in [0.717, 1.165) is 19.5 Å². The van der Waals surface area contributed by atoms with E-state index >= 15 is 0 Å². The third-order valence-corrected chi connectivity index (χ3v) is 2.45. The first-order valence-electron chi connectivity index (χ1n) is 4.64. The molecule has 0 bridgehead atoms. The molecule has 1 unspecified atom stereocenters. The normalized spacial score (nSPS) is 23.0. The number of aldehydes is 1. The molecule has 0 aromatic heterocycles. The molecule has 1 rings (SSSR count). The predicted molar refractivity (Wildman–Crippen MR) is 49.3 cm³/mol. The average molecular weight is 184 g/mol. The Morgan fingerprint density at radius 2 is 2.46 bits per heavy atom. The quantitative estimate of drug-likeness (QED) is 0.479. The summed E-state index contributed by atoms with van der Waals surface area (Å²) in [5.74, 6) is 0.170. The van der Waals surface area contributed by atoms with Crippen molar-refractivity contribution in [3.8, 4) is 0 Å². The van der Waals surface area contributed by atoms with Crippen molar-refractivity contribution in [2.24, 2.45) is 5.92 Å². The van der Waals surface area contributed by atoms with Gasteiger partial charge in [-0.1, -0.05) is 0 Å². The summed E-state index contributed by atoms with van der Waals surface area (Å²) in [5, 5.41) is 2.55. The Bertz CT molecular complexity index is 194. The highest BCUT2D eigenvalue weighted by Gasteiger charge is 2.18. The fraction of sp³-hybridized carbons (Fsp3) is 0.778. The predicted octanol–water partition coefficient (Wildman–Crippen LogP) is -0.357. The van der Waals surface area contributed by atoms with Crippen molar-refractivity contribution >= 4 is 12.2 Å². The van der Waals surface area contributed by atoms with Crippen molar-refractivity contribution in [2.75, 3.05) is 26.7 Å². The van der Waals surface area contributed by atoms with Gasteiger partial charge < -0.3 is 10.2 Å². The molecular weight excluding hydrogens is 168 g/mol. The van der Waals surface area contributed by atoms with E-state index < -0.39 is 5.91 Å². The van der Waals surface area contributed by atoms with Gasteiger partial charge in [-0.3, -0.25) is 9.59 Å². The number of likely N-dealkylation sites (tertiary alicyclic amines) is 1. The Balaban J connectivity index is 2.06. The third kappa shape index (κ3) is 3.55. The molecule has 1 aliphatic heterocycles. The van der Waals surface area contributed by atoms with Crippen molar-refractivity contribution in [3.05, 3.63) is 0 Å². The molecule has 1 saturated heterocycles. The van der Waals surface area contributed by atoms with Crippen LogP contribution < -0.4 is 5.32 Å². The summed E-state index contributed by atoms with van der Waals surface area (Å²) >= 11 is 0. The molecule has 1 fully saturated rings. The first-order valence-corrected chi connectivity index (χ1v) is 4.64. The van der Waals surface area contributed by atoms with Gasteiger partial charge in [0, 0.05) is 13.1 Å². The Hall–Kier alpha value is -0.900. The van der Waals surface area contributed by atoms with Crippen LogP contribution in [0.2, 0.25) is 0 Å². The summed E-state index contributed by atoms with van der Waals surface area (Å²) in [5.41, 5.74) is 0. The lowest BCUT2D eigenvalue weighted by atomic mass is 10.1. The lowest BCUT2D eigenvalue weighted by molar-refractivity contribution is -0.131. The molecule has 1 N–H and O–H groups in total. The SMILES string of the molecule is CN1CCC(CCNC(=O)C=O)C1. The summed E-state index contributed by atoms with van der Waals surface area (Å²) in [6, 6.07) is 0. The van der Waals surface area contributed by atoms with Crippen molar-refractivity contribution in [3.63, 3.8) is 0 Å². The minimum Gasteiger partial charge on any atom is -0.350 e. The Kier molecular flexibility index (Phi) is 3.89. The largest absolute Gasteiger partial charge is 0.350 e. The van der Waals surface area contributed by atoms with E-state index in [9.17, 15) is 9.59 Å². The second-order valence-corrected chi connectivity index (χ2v) is 3.61. The van der Waals surface area contributed by atoms with Gasteiger partial charge in [0.1, 0.15) is 0 Å². The maximum absolute atomic E-state index is 10.6. The van der Waals surface area contributed by atoms with Crippen molar-refractivity contribution in [1.29, 1.82) is 0 Å². The zero-order chi connectivity index (χ0) is 9.68. The molecule has 0 saturated carbocycles. The van der Waals surface area contributed by atoms with Crippen LogP contribution in [0.5, 0.6) is 0 Å². The second-order valence-electron chi connectivity index (χ2n) is 3.61. The maximum atomic E-state index is 10.6. The smallest absolute Gasteiger partial charge is 0.284 e. The van der Waals surface area contributed by atoms with Gasteiger partial charge >= 0.3 is 0 Å². The molecule has 1 amide bonds. The van der Waals surface area contributed by atoms with Gasteiger partial charge in [-0.15, -0.1) is 0 Å². The zero-order valence-electron chi connectivity index (χ0n) is 7.95. The number of nitrogens with zero attached hydrogens (tertiary/aromatic N) is 1. The molecule has 4 nitrogen and oxygen atoms in total. The minimum absolute atomic E-state index is 0.320. The van der Waals surface area contributed by atoms with Gasteiger partial charge in [0.25, 0.3) is 5.91 Å². The number of amides is 1. The number of carbonyl (C=O) groups excluding carboxylic acids is 2. The molecule has 0 aliphatic carbocycles. The third-order valence-electron chi connectivity index (χ3n) is 2.45. The van der Waals surface area contributed by atoms with E-state index in [4.69, 9.17) is 0 Å². The lowest BCUT2D eigenvalue weighted by Crippen LogP contribution is -2.27. The van der Waals surface area contributed by atoms with Crippen LogP contribution in [0.3, 0.4) is 0 Å². The standard InChI is InChI=1S/C9H16N2O2/c1-11-5-3-8(6-11)2-4-10-9(13)7-12/h7-8H,2-6H2,1H3,(H,10,13). The van der Waals surface area contributed by atoms with Crippen LogP contribution in [0, 0.1) is 5.92 Å². The molecule has 0 aromatic carbocycles. The summed E-state index contributed by atoms with van der Waals surface area (Å²) in [7, 11) is 2.10. The first kappa shape index (κ1) is 10.2. The van der Waals surface area contributed by atoms with Crippen LogP contribution in [0.1, 0.15) is 12.8 Å². The highest BCUT2D eigenvalue weighted by molar-refractivity contribution is 6.23. The van der Waals surface area contributed by atoms with Crippen LogP contribution in [0.15, 0.2) is 0 Å². The number of hydrogen-bond donors (Lipinski definition) is 1. The van der Waals surface area contributed by atoms with Gasteiger partial charge in [-0.2, -0.15) is 0 Å². The molecule has 0 aromatic rings. The van der Waals surface area contributed by atoms with Crippen molar-refractivity contribution in [2.45, 2.75) is 12.8 Å². The highest BCUT2D eigenvalue weighted by atomic mass is 16.2. The van der Waals surface area contributed by atoms with Gasteiger partial charge in [0.15, 0.2) is 0 Å². The monoisotopic (exact) mass is 184 g/mol. The molecule has 13 heavy (non-hydrogen) atoms. The van der Waals surface area contributed by atoms with Crippen LogP contribution in [0.25, 0.3) is 0 Å². The van der Waals surface area contributed by atoms with Gasteiger partial charge in [-0.05, 0) is 32.4 Å². The van der Waals surface area contributed by atoms with E-state index in [1.54, 1.807) is 0 Å². The van der Waals surface area contributed by atoms with Gasteiger partial charge in [0.05, 0.1) is 0 Å². The van der Waals surface area contributed by atoms with Crippen LogP contribution >= 0.6 is 0 Å². The van der Waals surface area contributed by atoms with Crippen molar-refractivity contribution < 1.29 is 9.59 Å². The van der Waals surface area contributed by atoms with E-state index in [2.05, 4.69) is 17.3 Å². The molecule has 0 radical (unpaired) electrons. The first-order chi connectivity index (χ1) is 6.22. The number of carbonyl (C=O) groups is 2. The summed E-state index contributed by atoms with van der Waals surface area (Å²) < 4.78 is 0. The van der Waals surface area contributed by atoms with Crippen LogP contribution in [-0.2, 0) is 9.59 Å². The fourth-order valence-electron chi connectivity index (χ4n) is 1.70. The van der Waals surface area contributed by atoms with E-state index in [1.807, 2.05) is 0 Å². The summed E-state index contributed by atoms with van der Waals surface area (Å²) in [6.45, 7) is 2.87. The zero-order valence-corrected chi connectivity index (χ0v) is 7.95. The van der Waals surface area contributed by atoms with E-state index in [1.165, 1.54) is 6.42 Å². The van der Waals surface area contributed by atoms with Crippen LogP contribution in [-0.4, -0.2) is 43.8 Å².